The van der Waals surface area contributed by atoms with Gasteiger partial charge in [-0.2, -0.15) is 5.11 Å². The van der Waals surface area contributed by atoms with Crippen LogP contribution in [0.4, 0.5) is 5.82 Å². The molecule has 3 aromatic heterocycles. The molecule has 0 aliphatic heterocycles. The maximum absolute atomic E-state index is 9.39. The van der Waals surface area contributed by atoms with Crippen molar-refractivity contribution in [3.63, 3.8) is 0 Å². The van der Waals surface area contributed by atoms with Gasteiger partial charge < -0.3 is 5.11 Å². The van der Waals surface area contributed by atoms with Gasteiger partial charge >= 0.3 is 0 Å². The summed E-state index contributed by atoms with van der Waals surface area (Å²) in [5.74, 6) is 0.601. The van der Waals surface area contributed by atoms with Gasteiger partial charge in [0.25, 0.3) is 0 Å². The van der Waals surface area contributed by atoms with Crippen molar-refractivity contribution in [2.75, 3.05) is 0 Å². The number of aliphatic hydroxyl groups is 1. The van der Waals surface area contributed by atoms with Crippen molar-refractivity contribution >= 4 is 38.7 Å². The van der Waals surface area contributed by atoms with Crippen LogP contribution in [0.25, 0.3) is 20.7 Å². The number of benzene rings is 1. The van der Waals surface area contributed by atoms with Gasteiger partial charge in [0.1, 0.15) is 11.0 Å². The van der Waals surface area contributed by atoms with Gasteiger partial charge in [0, 0.05) is 9.75 Å². The summed E-state index contributed by atoms with van der Waals surface area (Å²) in [6, 6.07) is 12.0. The van der Waals surface area contributed by atoms with E-state index < -0.39 is 0 Å². The molecule has 3 heterocycles. The number of rotatable bonds is 5. The van der Waals surface area contributed by atoms with Crippen molar-refractivity contribution < 1.29 is 5.11 Å². The number of aliphatic hydroxyl groups excluding tert-OH is 1. The number of nitrogens with zero attached hydrogens (tertiary/aromatic N) is 4. The molecule has 0 amide bonds. The van der Waals surface area contributed by atoms with Crippen LogP contribution in [0.2, 0.25) is 0 Å². The van der Waals surface area contributed by atoms with Crippen molar-refractivity contribution in [3.05, 3.63) is 64.1 Å². The Labute approximate surface area is 158 Å². The molecule has 5 nitrogen and oxygen atoms in total. The Morgan fingerprint density at radius 1 is 1.15 bits per heavy atom. The topological polar surface area (TPSA) is 70.7 Å². The van der Waals surface area contributed by atoms with E-state index in [1.54, 1.807) is 22.7 Å². The maximum Gasteiger partial charge on any atom is 0.195 e. The summed E-state index contributed by atoms with van der Waals surface area (Å²) in [6.07, 6.45) is 1.54. The van der Waals surface area contributed by atoms with Crippen LogP contribution in [0.3, 0.4) is 0 Å². The highest BCUT2D eigenvalue weighted by Gasteiger charge is 2.15. The van der Waals surface area contributed by atoms with Gasteiger partial charge in [-0.15, -0.1) is 27.8 Å². The Hall–Kier alpha value is -2.48. The van der Waals surface area contributed by atoms with Crippen LogP contribution in [0.5, 0.6) is 0 Å². The minimum atomic E-state index is 0.0276. The number of fused-ring (bicyclic) bond motifs is 1. The van der Waals surface area contributed by atoms with E-state index in [1.165, 1.54) is 11.2 Å². The molecule has 0 aliphatic carbocycles. The van der Waals surface area contributed by atoms with Crippen molar-refractivity contribution in [2.45, 2.75) is 20.1 Å². The molecule has 0 fully saturated rings. The first-order valence-corrected chi connectivity index (χ1v) is 9.80. The van der Waals surface area contributed by atoms with E-state index in [0.29, 0.717) is 12.4 Å². The second-order valence-corrected chi connectivity index (χ2v) is 7.82. The fourth-order valence-electron chi connectivity index (χ4n) is 2.74. The molecule has 4 aromatic rings. The van der Waals surface area contributed by atoms with E-state index in [-0.39, 0.29) is 6.61 Å². The zero-order valence-corrected chi connectivity index (χ0v) is 15.7. The molecule has 0 unspecified atom stereocenters. The van der Waals surface area contributed by atoms with Crippen molar-refractivity contribution in [2.24, 2.45) is 10.2 Å². The average molecular weight is 380 g/mol. The largest absolute Gasteiger partial charge is 0.392 e. The van der Waals surface area contributed by atoms with Crippen LogP contribution in [0.1, 0.15) is 16.0 Å². The van der Waals surface area contributed by atoms with E-state index in [4.69, 9.17) is 0 Å². The number of aromatic nitrogens is 2. The van der Waals surface area contributed by atoms with Crippen molar-refractivity contribution in [1.82, 2.24) is 9.97 Å². The third kappa shape index (κ3) is 3.29. The summed E-state index contributed by atoms with van der Waals surface area (Å²) < 4.78 is 0.935. The number of hydrogen-bond donors (Lipinski definition) is 1. The van der Waals surface area contributed by atoms with Crippen LogP contribution in [-0.4, -0.2) is 15.1 Å². The molecule has 0 aliphatic rings. The molecular formula is C19H16N4OS2. The van der Waals surface area contributed by atoms with Crippen molar-refractivity contribution in [3.8, 4) is 10.4 Å². The lowest BCUT2D eigenvalue weighted by molar-refractivity contribution is 0.282. The molecule has 1 N–H and O–H groups in total. The fourth-order valence-corrected chi connectivity index (χ4v) is 4.55. The minimum Gasteiger partial charge on any atom is -0.392 e. The molecule has 0 saturated heterocycles. The number of aryl methyl sites for hydroxylation is 1. The third-order valence-corrected chi connectivity index (χ3v) is 6.22. The summed E-state index contributed by atoms with van der Waals surface area (Å²) in [7, 11) is 0. The number of hydrogen-bond acceptors (Lipinski definition) is 7. The zero-order valence-electron chi connectivity index (χ0n) is 14.1. The number of azo groups is 1. The highest BCUT2D eigenvalue weighted by Crippen LogP contribution is 2.40. The maximum atomic E-state index is 9.39. The molecule has 0 atom stereocenters. The van der Waals surface area contributed by atoms with E-state index in [2.05, 4.69) is 27.1 Å². The molecule has 26 heavy (non-hydrogen) atoms. The molecule has 130 valence electrons. The molecule has 4 rings (SSSR count). The monoisotopic (exact) mass is 380 g/mol. The lowest BCUT2D eigenvalue weighted by Crippen LogP contribution is -1.84. The summed E-state index contributed by atoms with van der Waals surface area (Å²) in [4.78, 5) is 11.0. The van der Waals surface area contributed by atoms with Gasteiger partial charge in [-0.1, -0.05) is 24.3 Å². The summed E-state index contributed by atoms with van der Waals surface area (Å²) in [5, 5.41) is 20.1. The third-order valence-electron chi connectivity index (χ3n) is 4.03. The summed E-state index contributed by atoms with van der Waals surface area (Å²) >= 11 is 3.28. The highest BCUT2D eigenvalue weighted by atomic mass is 32.1. The predicted molar refractivity (Wildman–Crippen MR) is 106 cm³/mol. The van der Waals surface area contributed by atoms with Crippen LogP contribution >= 0.6 is 22.7 Å². The van der Waals surface area contributed by atoms with Crippen LogP contribution in [0, 0.1) is 6.92 Å². The standard InChI is InChI=1S/C19H16N4OS2/c1-12-16-18(26-17(12)14-5-2-4-13(8-14)10-24)19(21-11-20-16)23-22-9-15-6-3-7-25-15/h2-8,11,24H,9-10H2,1H3. The van der Waals surface area contributed by atoms with Crippen LogP contribution in [0.15, 0.2) is 58.3 Å². The molecule has 0 radical (unpaired) electrons. The Morgan fingerprint density at radius 2 is 2.08 bits per heavy atom. The first-order valence-electron chi connectivity index (χ1n) is 8.10. The van der Waals surface area contributed by atoms with Gasteiger partial charge in [-0.25, -0.2) is 9.97 Å². The fraction of sp³-hybridized carbons (Fsp3) is 0.158. The Balaban J connectivity index is 1.73. The van der Waals surface area contributed by atoms with Gasteiger partial charge in [0.2, 0.25) is 0 Å². The summed E-state index contributed by atoms with van der Waals surface area (Å²) in [6.45, 7) is 2.64. The molecular weight excluding hydrogens is 364 g/mol. The molecule has 0 bridgehead atoms. The Bertz CT molecular complexity index is 1070. The first kappa shape index (κ1) is 17.0. The molecule has 0 spiro atoms. The van der Waals surface area contributed by atoms with E-state index >= 15 is 0 Å². The highest BCUT2D eigenvalue weighted by molar-refractivity contribution is 7.23. The zero-order chi connectivity index (χ0) is 17.9. The predicted octanol–water partition coefficient (Wildman–Crippen LogP) is 5.50. The lowest BCUT2D eigenvalue weighted by atomic mass is 10.1. The van der Waals surface area contributed by atoms with Crippen LogP contribution in [-0.2, 0) is 13.2 Å². The lowest BCUT2D eigenvalue weighted by Gasteiger charge is -2.02. The second-order valence-electron chi connectivity index (χ2n) is 5.77. The van der Waals surface area contributed by atoms with Crippen LogP contribution < -0.4 is 0 Å². The van der Waals surface area contributed by atoms with E-state index in [0.717, 1.165) is 31.8 Å². The molecule has 7 heteroatoms. The van der Waals surface area contributed by atoms with Gasteiger partial charge in [-0.05, 0) is 41.1 Å². The quantitative estimate of drug-likeness (QED) is 0.464. The Morgan fingerprint density at radius 3 is 2.88 bits per heavy atom. The Kier molecular flexibility index (Phi) is 4.83. The SMILES string of the molecule is Cc1c(-c2cccc(CO)c2)sc2c(N=NCc3cccs3)ncnc12. The first-order chi connectivity index (χ1) is 12.8. The van der Waals surface area contributed by atoms with E-state index in [1.807, 2.05) is 41.8 Å². The van der Waals surface area contributed by atoms with Gasteiger partial charge in [0.05, 0.1) is 18.7 Å². The normalized spacial score (nSPS) is 11.6. The smallest absolute Gasteiger partial charge is 0.195 e. The minimum absolute atomic E-state index is 0.0276. The van der Waals surface area contributed by atoms with Gasteiger partial charge in [-0.3, -0.25) is 0 Å². The molecule has 1 aromatic carbocycles. The molecule has 0 saturated carbocycles. The van der Waals surface area contributed by atoms with E-state index in [9.17, 15) is 5.11 Å². The van der Waals surface area contributed by atoms with Gasteiger partial charge in [0.15, 0.2) is 5.82 Å². The number of thiophene rings is 2. The summed E-state index contributed by atoms with van der Waals surface area (Å²) in [5.41, 5.74) is 3.96. The second kappa shape index (κ2) is 7.41. The van der Waals surface area contributed by atoms with Crippen molar-refractivity contribution in [1.29, 1.82) is 0 Å². The average Bonchev–Trinajstić information content (AvgIpc) is 3.31.